The maximum atomic E-state index is 6.29. The van der Waals surface area contributed by atoms with Crippen LogP contribution in [0.15, 0.2) is 12.1 Å². The SMILES string of the molecule is CC1CCCC(C)N1c1c(Cl)cc(N)cc1Cl. The lowest BCUT2D eigenvalue weighted by Gasteiger charge is -2.41. The molecule has 1 aromatic carbocycles. The second kappa shape index (κ2) is 4.95. The molecule has 1 aromatic rings. The lowest BCUT2D eigenvalue weighted by Crippen LogP contribution is -2.44. The van der Waals surface area contributed by atoms with Crippen LogP contribution in [0.3, 0.4) is 0 Å². The fraction of sp³-hybridized carbons (Fsp3) is 0.538. The summed E-state index contributed by atoms with van der Waals surface area (Å²) in [4.78, 5) is 2.33. The highest BCUT2D eigenvalue weighted by molar-refractivity contribution is 6.39. The molecule has 1 aliphatic rings. The van der Waals surface area contributed by atoms with Crippen LogP contribution < -0.4 is 10.6 Å². The molecule has 94 valence electrons. The number of piperidine rings is 1. The molecular formula is C13H18Cl2N2. The predicted molar refractivity (Wildman–Crippen MR) is 76.1 cm³/mol. The first-order valence-corrected chi connectivity index (χ1v) is 6.79. The summed E-state index contributed by atoms with van der Waals surface area (Å²) in [5, 5.41) is 1.30. The van der Waals surface area contributed by atoms with E-state index in [1.807, 2.05) is 0 Å². The number of benzene rings is 1. The van der Waals surface area contributed by atoms with E-state index in [0.29, 0.717) is 27.8 Å². The van der Waals surface area contributed by atoms with Crippen molar-refractivity contribution in [3.05, 3.63) is 22.2 Å². The fourth-order valence-corrected chi connectivity index (χ4v) is 3.39. The minimum absolute atomic E-state index is 0.470. The van der Waals surface area contributed by atoms with Crippen LogP contribution in [0.5, 0.6) is 0 Å². The number of nitrogens with two attached hydrogens (primary N) is 1. The van der Waals surface area contributed by atoms with Gasteiger partial charge >= 0.3 is 0 Å². The van der Waals surface area contributed by atoms with Gasteiger partial charge in [-0.1, -0.05) is 23.2 Å². The van der Waals surface area contributed by atoms with E-state index in [-0.39, 0.29) is 0 Å². The zero-order valence-corrected chi connectivity index (χ0v) is 11.7. The van der Waals surface area contributed by atoms with E-state index < -0.39 is 0 Å². The van der Waals surface area contributed by atoms with E-state index >= 15 is 0 Å². The minimum atomic E-state index is 0.470. The van der Waals surface area contributed by atoms with Crippen LogP contribution in [0.25, 0.3) is 0 Å². The first kappa shape index (κ1) is 12.8. The number of nitrogen functional groups attached to an aromatic ring is 1. The summed E-state index contributed by atoms with van der Waals surface area (Å²) in [5.74, 6) is 0. The van der Waals surface area contributed by atoms with Gasteiger partial charge in [0.1, 0.15) is 0 Å². The van der Waals surface area contributed by atoms with Gasteiger partial charge in [-0.05, 0) is 45.2 Å². The van der Waals surface area contributed by atoms with Crippen LogP contribution >= 0.6 is 23.2 Å². The summed E-state index contributed by atoms with van der Waals surface area (Å²) in [6, 6.07) is 4.49. The summed E-state index contributed by atoms with van der Waals surface area (Å²) in [7, 11) is 0. The van der Waals surface area contributed by atoms with E-state index in [1.165, 1.54) is 19.3 Å². The second-order valence-electron chi connectivity index (χ2n) is 4.87. The molecule has 2 N–H and O–H groups in total. The smallest absolute Gasteiger partial charge is 0.0751 e. The topological polar surface area (TPSA) is 29.3 Å². The summed E-state index contributed by atoms with van der Waals surface area (Å²) in [6.07, 6.45) is 3.63. The third-order valence-electron chi connectivity index (χ3n) is 3.49. The molecule has 2 rings (SSSR count). The van der Waals surface area contributed by atoms with Crippen molar-refractivity contribution in [3.63, 3.8) is 0 Å². The van der Waals surface area contributed by atoms with Crippen LogP contribution in [-0.4, -0.2) is 12.1 Å². The van der Waals surface area contributed by atoms with E-state index in [2.05, 4.69) is 18.7 Å². The van der Waals surface area contributed by atoms with Crippen molar-refractivity contribution in [1.29, 1.82) is 0 Å². The highest BCUT2D eigenvalue weighted by Crippen LogP contribution is 2.40. The zero-order chi connectivity index (χ0) is 12.6. The molecule has 1 aliphatic heterocycles. The molecule has 1 saturated heterocycles. The highest BCUT2D eigenvalue weighted by atomic mass is 35.5. The minimum Gasteiger partial charge on any atom is -0.399 e. The molecule has 4 heteroatoms. The molecule has 0 amide bonds. The van der Waals surface area contributed by atoms with Crippen molar-refractivity contribution in [3.8, 4) is 0 Å². The summed E-state index contributed by atoms with van der Waals surface area (Å²) >= 11 is 12.6. The molecule has 1 fully saturated rings. The molecule has 17 heavy (non-hydrogen) atoms. The molecular weight excluding hydrogens is 255 g/mol. The van der Waals surface area contributed by atoms with Crippen LogP contribution in [0.2, 0.25) is 10.0 Å². The van der Waals surface area contributed by atoms with Crippen LogP contribution in [0, 0.1) is 0 Å². The maximum Gasteiger partial charge on any atom is 0.0751 e. The Balaban J connectivity index is 2.44. The van der Waals surface area contributed by atoms with Crippen molar-refractivity contribution < 1.29 is 0 Å². The molecule has 2 atom stereocenters. The Morgan fingerprint density at radius 2 is 1.59 bits per heavy atom. The Hall–Kier alpha value is -0.600. The van der Waals surface area contributed by atoms with Crippen LogP contribution in [0.4, 0.5) is 11.4 Å². The maximum absolute atomic E-state index is 6.29. The van der Waals surface area contributed by atoms with Crippen molar-refractivity contribution >= 4 is 34.6 Å². The molecule has 0 aliphatic carbocycles. The Morgan fingerprint density at radius 3 is 2.06 bits per heavy atom. The van der Waals surface area contributed by atoms with Gasteiger partial charge in [0.05, 0.1) is 15.7 Å². The Bertz CT molecular complexity index is 387. The van der Waals surface area contributed by atoms with Gasteiger partial charge in [-0.15, -0.1) is 0 Å². The van der Waals surface area contributed by atoms with Gasteiger partial charge in [0.25, 0.3) is 0 Å². The van der Waals surface area contributed by atoms with Crippen LogP contribution in [-0.2, 0) is 0 Å². The van der Waals surface area contributed by atoms with Crippen LogP contribution in [0.1, 0.15) is 33.1 Å². The Labute approximate surface area is 113 Å². The van der Waals surface area contributed by atoms with Gasteiger partial charge in [0.15, 0.2) is 0 Å². The van der Waals surface area contributed by atoms with Gasteiger partial charge in [-0.3, -0.25) is 0 Å². The molecule has 0 aromatic heterocycles. The third kappa shape index (κ3) is 2.48. The number of nitrogens with zero attached hydrogens (tertiary/aromatic N) is 1. The van der Waals surface area contributed by atoms with Crippen molar-refractivity contribution in [2.45, 2.75) is 45.2 Å². The van der Waals surface area contributed by atoms with E-state index in [9.17, 15) is 0 Å². The average molecular weight is 273 g/mol. The van der Waals surface area contributed by atoms with Crippen molar-refractivity contribution in [2.75, 3.05) is 10.6 Å². The van der Waals surface area contributed by atoms with Gasteiger partial charge in [0, 0.05) is 17.8 Å². The molecule has 0 saturated carbocycles. The molecule has 2 unspecified atom stereocenters. The number of hydrogen-bond donors (Lipinski definition) is 1. The first-order chi connectivity index (χ1) is 8.00. The molecule has 0 radical (unpaired) electrons. The Morgan fingerprint density at radius 1 is 1.12 bits per heavy atom. The number of hydrogen-bond acceptors (Lipinski definition) is 2. The van der Waals surface area contributed by atoms with Gasteiger partial charge in [0.2, 0.25) is 0 Å². The van der Waals surface area contributed by atoms with E-state index in [1.54, 1.807) is 12.1 Å². The molecule has 2 nitrogen and oxygen atoms in total. The van der Waals surface area contributed by atoms with Crippen molar-refractivity contribution in [1.82, 2.24) is 0 Å². The molecule has 0 bridgehead atoms. The monoisotopic (exact) mass is 272 g/mol. The summed E-state index contributed by atoms with van der Waals surface area (Å²) < 4.78 is 0. The second-order valence-corrected chi connectivity index (χ2v) is 5.68. The predicted octanol–water partition coefficient (Wildman–Crippen LogP) is 4.34. The van der Waals surface area contributed by atoms with Gasteiger partial charge in [-0.2, -0.15) is 0 Å². The van der Waals surface area contributed by atoms with Crippen molar-refractivity contribution in [2.24, 2.45) is 0 Å². The average Bonchev–Trinajstić information content (AvgIpc) is 2.21. The van der Waals surface area contributed by atoms with E-state index in [0.717, 1.165) is 5.69 Å². The zero-order valence-electron chi connectivity index (χ0n) is 10.2. The lowest BCUT2D eigenvalue weighted by molar-refractivity contribution is 0.414. The number of halogens is 2. The normalized spacial score (nSPS) is 25.1. The number of rotatable bonds is 1. The molecule has 0 spiro atoms. The molecule has 1 heterocycles. The summed E-state index contributed by atoms with van der Waals surface area (Å²) in [5.41, 5.74) is 7.28. The van der Waals surface area contributed by atoms with E-state index in [4.69, 9.17) is 28.9 Å². The standard InChI is InChI=1S/C13H18Cl2N2/c1-8-4-3-5-9(2)17(8)13-11(14)6-10(16)7-12(13)15/h6-9H,3-5,16H2,1-2H3. The van der Waals surface area contributed by atoms with Gasteiger partial charge < -0.3 is 10.6 Å². The number of anilines is 2. The lowest BCUT2D eigenvalue weighted by atomic mass is 9.96. The largest absolute Gasteiger partial charge is 0.399 e. The Kier molecular flexibility index (Phi) is 3.74. The highest BCUT2D eigenvalue weighted by Gasteiger charge is 2.28. The fourth-order valence-electron chi connectivity index (χ4n) is 2.69. The first-order valence-electron chi connectivity index (χ1n) is 6.03. The third-order valence-corrected chi connectivity index (χ3v) is 4.07. The van der Waals surface area contributed by atoms with Gasteiger partial charge in [-0.25, -0.2) is 0 Å². The quantitative estimate of drug-likeness (QED) is 0.771. The summed E-state index contributed by atoms with van der Waals surface area (Å²) in [6.45, 7) is 4.44.